The largest absolute Gasteiger partial charge is 0.408 e. The summed E-state index contributed by atoms with van der Waals surface area (Å²) in [5.41, 5.74) is 8.24. The highest BCUT2D eigenvalue weighted by Gasteiger charge is 2.22. The average Bonchev–Trinajstić information content (AvgIpc) is 3.01. The maximum Gasteiger partial charge on any atom is 0.309 e. The second-order valence-corrected chi connectivity index (χ2v) is 11.1. The summed E-state index contributed by atoms with van der Waals surface area (Å²) in [5, 5.41) is 2.73. The van der Waals surface area contributed by atoms with Crippen molar-refractivity contribution in [3.8, 4) is 0 Å². The Morgan fingerprint density at radius 2 is 1.16 bits per heavy atom. The van der Waals surface area contributed by atoms with Crippen LogP contribution in [-0.2, 0) is 25.7 Å². The molecule has 0 atom stereocenters. The van der Waals surface area contributed by atoms with Gasteiger partial charge in [-0.15, -0.1) is 0 Å². The lowest BCUT2D eigenvalue weighted by Crippen LogP contribution is -2.22. The molecule has 5 rings (SSSR count). The quantitative estimate of drug-likeness (QED) is 0.360. The Labute approximate surface area is 193 Å². The lowest BCUT2D eigenvalue weighted by molar-refractivity contribution is 0.603. The highest BCUT2D eigenvalue weighted by molar-refractivity contribution is 7.38. The van der Waals surface area contributed by atoms with Gasteiger partial charge in [0.25, 0.3) is 0 Å². The van der Waals surface area contributed by atoms with Crippen LogP contribution in [0, 0.1) is 0 Å². The number of benzene rings is 2. The van der Waals surface area contributed by atoms with E-state index in [0.717, 1.165) is 37.1 Å². The normalized spacial score (nSPS) is 15.8. The molecule has 0 saturated heterocycles. The molecule has 3 nitrogen and oxygen atoms in total. The first-order valence-electron chi connectivity index (χ1n) is 13.0. The van der Waals surface area contributed by atoms with E-state index in [-0.39, 0.29) is 0 Å². The fraction of sp³-hybridized carbons (Fsp3) is 0.571. The van der Waals surface area contributed by atoms with E-state index in [1.165, 1.54) is 97.2 Å². The standard InChI is InChI=1S/C28H38NO2P/c1-3-5-19-29(20-6-4-2)32-30-25-17-15-21-11-7-9-13-23(21)27(25)28-24-14-10-8-12-22(24)16-18-26(28)31-32/h15-18H,3-14,19-20H2,1-2H3. The summed E-state index contributed by atoms with van der Waals surface area (Å²) in [4.78, 5) is 0. The van der Waals surface area contributed by atoms with Crippen molar-refractivity contribution < 1.29 is 8.39 Å². The highest BCUT2D eigenvalue weighted by atomic mass is 31.1. The zero-order valence-electron chi connectivity index (χ0n) is 19.9. The fourth-order valence-corrected chi connectivity index (χ4v) is 7.09. The number of hydrogen-bond acceptors (Lipinski definition) is 3. The van der Waals surface area contributed by atoms with Gasteiger partial charge in [-0.1, -0.05) is 38.8 Å². The van der Waals surface area contributed by atoms with E-state index in [0.29, 0.717) is 0 Å². The summed E-state index contributed by atoms with van der Waals surface area (Å²) in [6, 6.07) is 9.19. The molecule has 3 aromatic rings. The molecule has 4 heteroatoms. The highest BCUT2D eigenvalue weighted by Crippen LogP contribution is 2.43. The van der Waals surface area contributed by atoms with Gasteiger partial charge in [-0.25, -0.2) is 4.67 Å². The van der Waals surface area contributed by atoms with Gasteiger partial charge in [0.15, 0.2) is 0 Å². The van der Waals surface area contributed by atoms with Crippen molar-refractivity contribution in [3.63, 3.8) is 0 Å². The minimum atomic E-state index is -1.15. The SMILES string of the molecule is CCCCN(CCCC)p1oc2ccc3c(c2c2c4c(ccc2o1)CCCC4)CCCC3. The Kier molecular flexibility index (Phi) is 6.95. The molecule has 2 aromatic carbocycles. The van der Waals surface area contributed by atoms with E-state index in [1.54, 1.807) is 0 Å². The lowest BCUT2D eigenvalue weighted by atomic mass is 9.84. The van der Waals surface area contributed by atoms with E-state index < -0.39 is 8.16 Å². The third kappa shape index (κ3) is 4.27. The van der Waals surface area contributed by atoms with Gasteiger partial charge < -0.3 is 8.39 Å². The van der Waals surface area contributed by atoms with Crippen molar-refractivity contribution >= 4 is 30.1 Å². The predicted molar refractivity (Wildman–Crippen MR) is 137 cm³/mol. The Balaban J connectivity index is 1.81. The molecule has 1 aromatic heterocycles. The molecule has 2 aliphatic rings. The van der Waals surface area contributed by atoms with Gasteiger partial charge in [0.2, 0.25) is 0 Å². The molecule has 32 heavy (non-hydrogen) atoms. The first kappa shape index (κ1) is 22.1. The van der Waals surface area contributed by atoms with Crippen LogP contribution < -0.4 is 4.67 Å². The summed E-state index contributed by atoms with van der Waals surface area (Å²) < 4.78 is 16.1. The molecule has 0 saturated carbocycles. The lowest BCUT2D eigenvalue weighted by Gasteiger charge is -2.20. The molecule has 2 aliphatic carbocycles. The second-order valence-electron chi connectivity index (χ2n) is 9.65. The van der Waals surface area contributed by atoms with Crippen molar-refractivity contribution in [3.05, 3.63) is 46.5 Å². The van der Waals surface area contributed by atoms with Crippen LogP contribution >= 0.6 is 8.16 Å². The second kappa shape index (κ2) is 10.1. The monoisotopic (exact) mass is 451 g/mol. The summed E-state index contributed by atoms with van der Waals surface area (Å²) in [6.07, 6.45) is 14.6. The van der Waals surface area contributed by atoms with Crippen molar-refractivity contribution in [2.45, 2.75) is 90.9 Å². The van der Waals surface area contributed by atoms with Crippen LogP contribution in [0.4, 0.5) is 0 Å². The van der Waals surface area contributed by atoms with Crippen molar-refractivity contribution in [2.24, 2.45) is 0 Å². The third-order valence-corrected chi connectivity index (χ3v) is 8.93. The van der Waals surface area contributed by atoms with Crippen molar-refractivity contribution in [1.29, 1.82) is 0 Å². The number of unbranched alkanes of at least 4 members (excludes halogenated alkanes) is 2. The zero-order chi connectivity index (χ0) is 21.9. The molecular formula is C28H38NO2P. The molecule has 0 fully saturated rings. The Morgan fingerprint density at radius 3 is 1.62 bits per heavy atom. The predicted octanol–water partition coefficient (Wildman–Crippen LogP) is 8.59. The Morgan fingerprint density at radius 1 is 0.688 bits per heavy atom. The summed E-state index contributed by atoms with van der Waals surface area (Å²) in [6.45, 7) is 6.62. The molecule has 0 spiro atoms. The van der Waals surface area contributed by atoms with Crippen LogP contribution in [0.25, 0.3) is 21.9 Å². The average molecular weight is 452 g/mol. The molecule has 172 valence electrons. The van der Waals surface area contributed by atoms with Crippen molar-refractivity contribution in [2.75, 3.05) is 17.8 Å². The van der Waals surface area contributed by atoms with Gasteiger partial charge in [-0.05, 0) is 98.6 Å². The van der Waals surface area contributed by atoms with Gasteiger partial charge in [-0.3, -0.25) is 0 Å². The number of aryl methyl sites for hydroxylation is 4. The van der Waals surface area contributed by atoms with Crippen LogP contribution in [0.15, 0.2) is 32.7 Å². The van der Waals surface area contributed by atoms with Gasteiger partial charge in [0.05, 0.1) is 0 Å². The summed E-state index contributed by atoms with van der Waals surface area (Å²) >= 11 is 0. The Hall–Kier alpha value is -1.70. The zero-order valence-corrected chi connectivity index (χ0v) is 20.8. The molecular weight excluding hydrogens is 413 g/mol. The smallest absolute Gasteiger partial charge is 0.309 e. The maximum atomic E-state index is 6.82. The number of rotatable bonds is 7. The number of hydrogen-bond donors (Lipinski definition) is 0. The molecule has 0 bridgehead atoms. The van der Waals surface area contributed by atoms with E-state index >= 15 is 0 Å². The van der Waals surface area contributed by atoms with Crippen LogP contribution in [0.5, 0.6) is 0 Å². The van der Waals surface area contributed by atoms with Crippen LogP contribution in [-0.4, -0.2) is 13.1 Å². The fourth-order valence-electron chi connectivity index (χ4n) is 5.57. The minimum absolute atomic E-state index is 1.04. The van der Waals surface area contributed by atoms with Gasteiger partial charge >= 0.3 is 8.16 Å². The van der Waals surface area contributed by atoms with Crippen LogP contribution in [0.2, 0.25) is 0 Å². The van der Waals surface area contributed by atoms with Gasteiger partial charge in [0.1, 0.15) is 11.2 Å². The number of nitrogens with zero attached hydrogens (tertiary/aromatic N) is 1. The Bertz CT molecular complexity index is 1050. The van der Waals surface area contributed by atoms with Crippen LogP contribution in [0.1, 0.15) is 87.5 Å². The summed E-state index contributed by atoms with van der Waals surface area (Å²) in [7, 11) is -1.15. The number of fused-ring (bicyclic) bond motifs is 7. The van der Waals surface area contributed by atoms with Crippen LogP contribution in [0.3, 0.4) is 0 Å². The molecule has 0 amide bonds. The molecule has 1 heterocycles. The first-order chi connectivity index (χ1) is 15.8. The first-order valence-corrected chi connectivity index (χ1v) is 14.1. The van der Waals surface area contributed by atoms with Gasteiger partial charge in [0, 0.05) is 23.9 Å². The molecule has 0 unspecified atom stereocenters. The molecule has 0 N–H and O–H groups in total. The van der Waals surface area contributed by atoms with Gasteiger partial charge in [-0.2, -0.15) is 0 Å². The molecule has 0 aliphatic heterocycles. The van der Waals surface area contributed by atoms with E-state index in [9.17, 15) is 0 Å². The molecule has 0 radical (unpaired) electrons. The maximum absolute atomic E-state index is 6.82. The summed E-state index contributed by atoms with van der Waals surface area (Å²) in [5.74, 6) is 0. The third-order valence-electron chi connectivity index (χ3n) is 7.36. The van der Waals surface area contributed by atoms with E-state index in [2.05, 4.69) is 42.8 Å². The van der Waals surface area contributed by atoms with E-state index in [4.69, 9.17) is 8.39 Å². The van der Waals surface area contributed by atoms with E-state index in [1.807, 2.05) is 0 Å². The minimum Gasteiger partial charge on any atom is -0.408 e. The topological polar surface area (TPSA) is 29.5 Å². The van der Waals surface area contributed by atoms with Crippen molar-refractivity contribution in [1.82, 2.24) is 0 Å².